The van der Waals surface area contributed by atoms with Crippen LogP contribution in [0, 0.1) is 0 Å². The van der Waals surface area contributed by atoms with Gasteiger partial charge in [0.25, 0.3) is 0 Å². The van der Waals surface area contributed by atoms with Gasteiger partial charge in [0.15, 0.2) is 5.65 Å². The lowest BCUT2D eigenvalue weighted by atomic mass is 10.2. The summed E-state index contributed by atoms with van der Waals surface area (Å²) in [4.78, 5) is 27.8. The van der Waals surface area contributed by atoms with E-state index in [1.54, 1.807) is 40.3 Å². The molecule has 0 spiro atoms. The smallest absolute Gasteiger partial charge is 0.247 e. The molecule has 0 saturated carbocycles. The summed E-state index contributed by atoms with van der Waals surface area (Å²) in [6.07, 6.45) is 8.11. The molecule has 4 heterocycles. The van der Waals surface area contributed by atoms with Crippen molar-refractivity contribution in [3.63, 3.8) is 0 Å². The number of amides is 1. The van der Waals surface area contributed by atoms with E-state index in [1.165, 1.54) is 6.33 Å². The average molecular weight is 351 g/mol. The van der Waals surface area contributed by atoms with Gasteiger partial charge in [-0.15, -0.1) is 0 Å². The van der Waals surface area contributed by atoms with E-state index in [9.17, 15) is 4.79 Å². The molecule has 10 nitrogen and oxygen atoms in total. The first-order chi connectivity index (χ1) is 12.6. The van der Waals surface area contributed by atoms with Crippen LogP contribution in [0.1, 0.15) is 19.9 Å². The Kier molecular flexibility index (Phi) is 3.92. The van der Waals surface area contributed by atoms with Crippen LogP contribution in [0.3, 0.4) is 0 Å². The normalized spacial score (nSPS) is 11.3. The number of carbonyl (C=O) groups is 1. The van der Waals surface area contributed by atoms with Gasteiger partial charge in [-0.05, 0) is 13.8 Å². The van der Waals surface area contributed by atoms with Crippen molar-refractivity contribution in [1.29, 1.82) is 0 Å². The molecule has 0 aliphatic carbocycles. The van der Waals surface area contributed by atoms with E-state index in [4.69, 9.17) is 0 Å². The Hall–Kier alpha value is -3.56. The zero-order valence-electron chi connectivity index (χ0n) is 14.3. The summed E-state index contributed by atoms with van der Waals surface area (Å²) >= 11 is 0. The van der Waals surface area contributed by atoms with Crippen LogP contribution in [0.4, 0.5) is 5.82 Å². The number of carbonyl (C=O) groups excluding carboxylic acids is 1. The third-order valence-corrected chi connectivity index (χ3v) is 3.86. The van der Waals surface area contributed by atoms with Gasteiger partial charge in [-0.3, -0.25) is 9.48 Å². The second-order valence-electron chi connectivity index (χ2n) is 6.05. The lowest BCUT2D eigenvalue weighted by Gasteiger charge is -2.11. The summed E-state index contributed by atoms with van der Waals surface area (Å²) in [7, 11) is 0. The predicted octanol–water partition coefficient (Wildman–Crippen LogP) is 1.63. The van der Waals surface area contributed by atoms with Crippen LogP contribution in [0.15, 0.2) is 37.3 Å². The number of hydrogen-bond acceptors (Lipinski definition) is 6. The molecule has 4 aromatic heterocycles. The molecule has 132 valence electrons. The van der Waals surface area contributed by atoms with Gasteiger partial charge in [-0.25, -0.2) is 19.6 Å². The molecule has 0 radical (unpaired) electrons. The quantitative estimate of drug-likeness (QED) is 0.564. The largest absolute Gasteiger partial charge is 0.341 e. The minimum Gasteiger partial charge on any atom is -0.341 e. The highest BCUT2D eigenvalue weighted by Crippen LogP contribution is 2.22. The summed E-state index contributed by atoms with van der Waals surface area (Å²) in [5.41, 5.74) is 2.79. The van der Waals surface area contributed by atoms with Gasteiger partial charge in [0.1, 0.15) is 29.9 Å². The van der Waals surface area contributed by atoms with Crippen molar-refractivity contribution >= 4 is 22.9 Å². The van der Waals surface area contributed by atoms with Crippen molar-refractivity contribution in [2.24, 2.45) is 0 Å². The van der Waals surface area contributed by atoms with Crippen LogP contribution in [0.25, 0.3) is 22.4 Å². The van der Waals surface area contributed by atoms with Crippen molar-refractivity contribution in [2.75, 3.05) is 5.32 Å². The molecule has 0 aliphatic heterocycles. The van der Waals surface area contributed by atoms with Crippen LogP contribution >= 0.6 is 0 Å². The fourth-order valence-electron chi connectivity index (χ4n) is 2.71. The van der Waals surface area contributed by atoms with Gasteiger partial charge in [-0.2, -0.15) is 10.2 Å². The zero-order valence-corrected chi connectivity index (χ0v) is 14.3. The first-order valence-corrected chi connectivity index (χ1v) is 8.12. The van der Waals surface area contributed by atoms with E-state index in [2.05, 4.69) is 35.5 Å². The monoisotopic (exact) mass is 351 g/mol. The van der Waals surface area contributed by atoms with Crippen molar-refractivity contribution in [3.05, 3.63) is 37.3 Å². The highest BCUT2D eigenvalue weighted by Gasteiger charge is 2.13. The molecule has 0 atom stereocenters. The molecule has 0 unspecified atom stereocenters. The Labute approximate surface area is 148 Å². The standard InChI is InChI=1S/C16H17N9O/c1-10(2)25-12(3-4-21-25)23-13(26)7-24-6-11(5-22-24)14-15-16(19-8-17-14)20-9-18-15/h3-6,8-10H,7H2,1-2H3,(H,23,26)(H,17,18,19,20). The minimum absolute atomic E-state index is 0.0838. The number of fused-ring (bicyclic) bond motifs is 1. The van der Waals surface area contributed by atoms with E-state index in [0.29, 0.717) is 17.2 Å². The maximum absolute atomic E-state index is 12.3. The second-order valence-corrected chi connectivity index (χ2v) is 6.05. The molecule has 0 bridgehead atoms. The Bertz CT molecular complexity index is 1060. The summed E-state index contributed by atoms with van der Waals surface area (Å²) in [5.74, 6) is 0.476. The van der Waals surface area contributed by atoms with Crippen molar-refractivity contribution < 1.29 is 4.79 Å². The Morgan fingerprint density at radius 3 is 3.00 bits per heavy atom. The average Bonchev–Trinajstić information content (AvgIpc) is 3.34. The molecule has 0 aliphatic rings. The number of imidazole rings is 1. The number of H-pyrrole nitrogens is 1. The molecule has 1 amide bonds. The van der Waals surface area contributed by atoms with Crippen molar-refractivity contribution in [2.45, 2.75) is 26.4 Å². The number of aromatic amines is 1. The fourth-order valence-corrected chi connectivity index (χ4v) is 2.71. The third-order valence-electron chi connectivity index (χ3n) is 3.86. The molecular weight excluding hydrogens is 334 g/mol. The zero-order chi connectivity index (χ0) is 18.1. The van der Waals surface area contributed by atoms with E-state index < -0.39 is 0 Å². The number of anilines is 1. The first kappa shape index (κ1) is 15.9. The topological polar surface area (TPSA) is 119 Å². The highest BCUT2D eigenvalue weighted by molar-refractivity contribution is 5.90. The molecular formula is C16H17N9O. The van der Waals surface area contributed by atoms with E-state index in [0.717, 1.165) is 11.1 Å². The molecule has 0 saturated heterocycles. The van der Waals surface area contributed by atoms with Crippen molar-refractivity contribution in [1.82, 2.24) is 39.5 Å². The third kappa shape index (κ3) is 2.92. The summed E-state index contributed by atoms with van der Waals surface area (Å²) < 4.78 is 3.31. The molecule has 0 aromatic carbocycles. The van der Waals surface area contributed by atoms with Crippen LogP contribution in [0.5, 0.6) is 0 Å². The maximum atomic E-state index is 12.3. The molecule has 0 fully saturated rings. The Balaban J connectivity index is 1.51. The number of hydrogen-bond donors (Lipinski definition) is 2. The van der Waals surface area contributed by atoms with Gasteiger partial charge in [0.2, 0.25) is 5.91 Å². The molecule has 2 N–H and O–H groups in total. The number of nitrogens with one attached hydrogen (secondary N) is 2. The number of aromatic nitrogens is 8. The van der Waals surface area contributed by atoms with E-state index in [1.807, 2.05) is 13.8 Å². The molecule has 4 aromatic rings. The van der Waals surface area contributed by atoms with E-state index >= 15 is 0 Å². The SMILES string of the molecule is CC(C)n1nccc1NC(=O)Cn1cc(-c2ncnc3nc[nH]c23)cn1. The molecule has 4 rings (SSSR count). The summed E-state index contributed by atoms with van der Waals surface area (Å²) in [5, 5.41) is 11.3. The summed E-state index contributed by atoms with van der Waals surface area (Å²) in [6, 6.07) is 1.92. The van der Waals surface area contributed by atoms with Gasteiger partial charge < -0.3 is 10.3 Å². The lowest BCUT2D eigenvalue weighted by Crippen LogP contribution is -2.21. The second kappa shape index (κ2) is 6.39. The van der Waals surface area contributed by atoms with E-state index in [-0.39, 0.29) is 18.5 Å². The highest BCUT2D eigenvalue weighted by atomic mass is 16.2. The lowest BCUT2D eigenvalue weighted by molar-refractivity contribution is -0.116. The maximum Gasteiger partial charge on any atom is 0.247 e. The van der Waals surface area contributed by atoms with Crippen LogP contribution in [-0.4, -0.2) is 45.4 Å². The van der Waals surface area contributed by atoms with Gasteiger partial charge in [0.05, 0.1) is 18.7 Å². The van der Waals surface area contributed by atoms with Crippen LogP contribution in [-0.2, 0) is 11.3 Å². The van der Waals surface area contributed by atoms with Gasteiger partial charge >= 0.3 is 0 Å². The predicted molar refractivity (Wildman–Crippen MR) is 94.1 cm³/mol. The molecule has 10 heteroatoms. The fraction of sp³-hybridized carbons (Fsp3) is 0.250. The first-order valence-electron chi connectivity index (χ1n) is 8.12. The Morgan fingerprint density at radius 2 is 2.15 bits per heavy atom. The minimum atomic E-state index is -0.184. The van der Waals surface area contributed by atoms with Crippen LogP contribution < -0.4 is 5.32 Å². The summed E-state index contributed by atoms with van der Waals surface area (Å²) in [6.45, 7) is 4.08. The van der Waals surface area contributed by atoms with Crippen LogP contribution in [0.2, 0.25) is 0 Å². The number of rotatable bonds is 5. The number of nitrogens with zero attached hydrogens (tertiary/aromatic N) is 7. The van der Waals surface area contributed by atoms with Gasteiger partial charge in [-0.1, -0.05) is 0 Å². The molecule has 26 heavy (non-hydrogen) atoms. The van der Waals surface area contributed by atoms with Gasteiger partial charge in [0, 0.05) is 23.9 Å². The Morgan fingerprint density at radius 1 is 1.27 bits per heavy atom. The van der Waals surface area contributed by atoms with Crippen molar-refractivity contribution in [3.8, 4) is 11.3 Å².